The van der Waals surface area contributed by atoms with Crippen LogP contribution in [0.4, 0.5) is 0 Å². The minimum absolute atomic E-state index is 0.225. The van der Waals surface area contributed by atoms with Crippen LogP contribution < -0.4 is 10.6 Å². The van der Waals surface area contributed by atoms with Crippen molar-refractivity contribution in [1.82, 2.24) is 10.6 Å². The molecule has 0 spiro atoms. The summed E-state index contributed by atoms with van der Waals surface area (Å²) in [4.78, 5) is 0. The van der Waals surface area contributed by atoms with E-state index in [9.17, 15) is 0 Å². The molecule has 0 bridgehead atoms. The summed E-state index contributed by atoms with van der Waals surface area (Å²) in [7, 11) is 0. The van der Waals surface area contributed by atoms with Gasteiger partial charge in [0.2, 0.25) is 0 Å². The lowest BCUT2D eigenvalue weighted by molar-refractivity contribution is 0.291. The Balaban J connectivity index is 1.47. The maximum absolute atomic E-state index is 4.04. The summed E-state index contributed by atoms with van der Waals surface area (Å²) in [6, 6.07) is 29.3. The first kappa shape index (κ1) is 18.6. The first-order valence-electron chi connectivity index (χ1n) is 11.1. The zero-order valence-electron chi connectivity index (χ0n) is 17.0. The van der Waals surface area contributed by atoms with Gasteiger partial charge in [0, 0.05) is 18.5 Å². The molecule has 0 radical (unpaired) electrons. The standard InChI is InChI=1S/C27H30N2/c1-3-11-20(12-4-1)19-28-27(29-21-13-5-2-6-14-21)26-24-17-9-7-15-22(24)23-16-8-10-18-25(23)26/h1,3-4,7-12,15-18,21,26-29H,2,5-6,13-14,19H2. The second kappa shape index (κ2) is 8.52. The summed E-state index contributed by atoms with van der Waals surface area (Å²) in [6.45, 7) is 0.881. The molecule has 2 nitrogen and oxygen atoms in total. The predicted octanol–water partition coefficient (Wildman–Crippen LogP) is 5.84. The number of hydrogen-bond donors (Lipinski definition) is 2. The van der Waals surface area contributed by atoms with Gasteiger partial charge in [-0.2, -0.15) is 0 Å². The summed E-state index contributed by atoms with van der Waals surface area (Å²) in [5.74, 6) is 0.341. The van der Waals surface area contributed by atoms with Crippen molar-refractivity contribution in [2.75, 3.05) is 0 Å². The highest BCUT2D eigenvalue weighted by atomic mass is 15.1. The lowest BCUT2D eigenvalue weighted by atomic mass is 9.90. The van der Waals surface area contributed by atoms with Crippen LogP contribution in [0.5, 0.6) is 0 Å². The molecule has 3 aromatic rings. The molecular weight excluding hydrogens is 352 g/mol. The predicted molar refractivity (Wildman–Crippen MR) is 121 cm³/mol. The van der Waals surface area contributed by atoms with Crippen LogP contribution >= 0.6 is 0 Å². The molecule has 1 fully saturated rings. The van der Waals surface area contributed by atoms with Gasteiger partial charge in [-0.3, -0.25) is 10.6 Å². The highest BCUT2D eigenvalue weighted by Gasteiger charge is 2.35. The molecule has 0 aromatic heterocycles. The lowest BCUT2D eigenvalue weighted by Crippen LogP contribution is -2.51. The molecule has 0 saturated heterocycles. The van der Waals surface area contributed by atoms with Gasteiger partial charge in [-0.15, -0.1) is 0 Å². The van der Waals surface area contributed by atoms with E-state index < -0.39 is 0 Å². The first-order valence-corrected chi connectivity index (χ1v) is 11.1. The van der Waals surface area contributed by atoms with Gasteiger partial charge in [0.05, 0.1) is 6.17 Å². The van der Waals surface area contributed by atoms with E-state index in [-0.39, 0.29) is 6.17 Å². The Morgan fingerprint density at radius 2 is 1.28 bits per heavy atom. The highest BCUT2D eigenvalue weighted by Crippen LogP contribution is 2.46. The number of rotatable bonds is 6. The van der Waals surface area contributed by atoms with Crippen LogP contribution in [0, 0.1) is 0 Å². The Hall–Kier alpha value is -2.42. The number of nitrogens with one attached hydrogen (secondary N) is 2. The third-order valence-electron chi connectivity index (χ3n) is 6.60. The Morgan fingerprint density at radius 1 is 0.690 bits per heavy atom. The molecule has 0 amide bonds. The molecule has 2 aliphatic rings. The Bertz CT molecular complexity index is 898. The van der Waals surface area contributed by atoms with E-state index in [0.717, 1.165) is 6.54 Å². The van der Waals surface area contributed by atoms with Gasteiger partial charge in [-0.25, -0.2) is 0 Å². The third-order valence-corrected chi connectivity index (χ3v) is 6.60. The molecule has 1 unspecified atom stereocenters. The minimum Gasteiger partial charge on any atom is -0.298 e. The van der Waals surface area contributed by atoms with E-state index in [1.807, 2.05) is 0 Å². The quantitative estimate of drug-likeness (QED) is 0.524. The summed E-state index contributed by atoms with van der Waals surface area (Å²) in [5.41, 5.74) is 7.02. The van der Waals surface area contributed by atoms with Crippen molar-refractivity contribution in [2.24, 2.45) is 0 Å². The van der Waals surface area contributed by atoms with Crippen LogP contribution in [-0.4, -0.2) is 12.2 Å². The van der Waals surface area contributed by atoms with Gasteiger partial charge in [0.1, 0.15) is 0 Å². The minimum atomic E-state index is 0.225. The molecule has 5 rings (SSSR count). The van der Waals surface area contributed by atoms with E-state index in [2.05, 4.69) is 89.5 Å². The second-order valence-electron chi connectivity index (χ2n) is 8.50. The fraction of sp³-hybridized carbons (Fsp3) is 0.333. The van der Waals surface area contributed by atoms with Crippen molar-refractivity contribution in [2.45, 2.75) is 56.8 Å². The van der Waals surface area contributed by atoms with Crippen LogP contribution in [0.3, 0.4) is 0 Å². The number of benzene rings is 3. The summed E-state index contributed by atoms with van der Waals surface area (Å²) in [6.07, 6.45) is 6.89. The fourth-order valence-electron chi connectivity index (χ4n) is 5.17. The van der Waals surface area contributed by atoms with E-state index in [0.29, 0.717) is 12.0 Å². The largest absolute Gasteiger partial charge is 0.298 e. The summed E-state index contributed by atoms with van der Waals surface area (Å²) < 4.78 is 0. The van der Waals surface area contributed by atoms with Gasteiger partial charge >= 0.3 is 0 Å². The van der Waals surface area contributed by atoms with Crippen LogP contribution in [-0.2, 0) is 6.54 Å². The average molecular weight is 383 g/mol. The van der Waals surface area contributed by atoms with Crippen molar-refractivity contribution in [1.29, 1.82) is 0 Å². The molecule has 2 N–H and O–H groups in total. The number of fused-ring (bicyclic) bond motifs is 3. The van der Waals surface area contributed by atoms with Gasteiger partial charge in [0.25, 0.3) is 0 Å². The Morgan fingerprint density at radius 3 is 1.93 bits per heavy atom. The molecule has 2 heteroatoms. The zero-order valence-corrected chi connectivity index (χ0v) is 17.0. The van der Waals surface area contributed by atoms with Crippen molar-refractivity contribution >= 4 is 0 Å². The lowest BCUT2D eigenvalue weighted by Gasteiger charge is -2.33. The van der Waals surface area contributed by atoms with E-state index in [1.54, 1.807) is 0 Å². The summed E-state index contributed by atoms with van der Waals surface area (Å²) in [5, 5.41) is 7.93. The van der Waals surface area contributed by atoms with E-state index >= 15 is 0 Å². The molecule has 1 atom stereocenters. The van der Waals surface area contributed by atoms with Crippen LogP contribution in [0.2, 0.25) is 0 Å². The molecular formula is C27H30N2. The van der Waals surface area contributed by atoms with Crippen molar-refractivity contribution in [3.05, 3.63) is 95.6 Å². The van der Waals surface area contributed by atoms with Gasteiger partial charge in [-0.05, 0) is 40.7 Å². The average Bonchev–Trinajstić information content (AvgIpc) is 3.13. The van der Waals surface area contributed by atoms with Gasteiger partial charge in [-0.1, -0.05) is 98.1 Å². The normalized spacial score (nSPS) is 17.7. The Kier molecular flexibility index (Phi) is 5.47. The van der Waals surface area contributed by atoms with E-state index in [4.69, 9.17) is 0 Å². The topological polar surface area (TPSA) is 24.1 Å². The molecule has 1 saturated carbocycles. The molecule has 29 heavy (non-hydrogen) atoms. The Labute approximate surface area is 174 Å². The maximum atomic E-state index is 4.04. The number of hydrogen-bond acceptors (Lipinski definition) is 2. The van der Waals surface area contributed by atoms with Crippen molar-refractivity contribution < 1.29 is 0 Å². The second-order valence-corrected chi connectivity index (χ2v) is 8.50. The molecule has 148 valence electrons. The van der Waals surface area contributed by atoms with Crippen LogP contribution in [0.25, 0.3) is 11.1 Å². The molecule has 3 aromatic carbocycles. The van der Waals surface area contributed by atoms with Gasteiger partial charge < -0.3 is 0 Å². The van der Waals surface area contributed by atoms with E-state index in [1.165, 1.54) is 59.9 Å². The monoisotopic (exact) mass is 382 g/mol. The van der Waals surface area contributed by atoms with Crippen molar-refractivity contribution in [3.8, 4) is 11.1 Å². The SMILES string of the molecule is c1ccc(CNC(NC2CCCCC2)C2c3ccccc3-c3ccccc32)cc1. The maximum Gasteiger partial charge on any atom is 0.0689 e. The molecule has 2 aliphatic carbocycles. The fourth-order valence-corrected chi connectivity index (χ4v) is 5.17. The van der Waals surface area contributed by atoms with Crippen molar-refractivity contribution in [3.63, 3.8) is 0 Å². The van der Waals surface area contributed by atoms with Gasteiger partial charge in [0.15, 0.2) is 0 Å². The summed E-state index contributed by atoms with van der Waals surface area (Å²) >= 11 is 0. The molecule has 0 heterocycles. The highest BCUT2D eigenvalue weighted by molar-refractivity contribution is 5.79. The zero-order chi connectivity index (χ0) is 19.5. The van der Waals surface area contributed by atoms with Crippen LogP contribution in [0.1, 0.15) is 54.7 Å². The van der Waals surface area contributed by atoms with Crippen LogP contribution in [0.15, 0.2) is 78.9 Å². The third kappa shape index (κ3) is 3.88. The molecule has 0 aliphatic heterocycles. The first-order chi connectivity index (χ1) is 14.4. The smallest absolute Gasteiger partial charge is 0.0689 e.